The Morgan fingerprint density at radius 3 is 2.90 bits per heavy atom. The van der Waals surface area contributed by atoms with Gasteiger partial charge in [0.25, 0.3) is 0 Å². The average molecular weight is 297 g/mol. The number of hydrogen-bond acceptors (Lipinski definition) is 6. The van der Waals surface area contributed by atoms with E-state index in [1.165, 1.54) is 7.11 Å². The first-order valence-corrected chi connectivity index (χ1v) is 7.08. The molecule has 0 bridgehead atoms. The third-order valence-electron chi connectivity index (χ3n) is 3.71. The lowest BCUT2D eigenvalue weighted by Crippen LogP contribution is -2.35. The Bertz CT molecular complexity index is 495. The zero-order valence-electron chi connectivity index (χ0n) is 13.0. The molecule has 2 heterocycles. The molecule has 1 aliphatic rings. The van der Waals surface area contributed by atoms with Crippen molar-refractivity contribution in [2.45, 2.75) is 31.9 Å². The third-order valence-corrected chi connectivity index (χ3v) is 3.71. The number of nitrogens with one attached hydrogen (secondary N) is 1. The number of aromatic nitrogens is 2. The van der Waals surface area contributed by atoms with Crippen LogP contribution in [0.25, 0.3) is 0 Å². The molecule has 2 rings (SSSR count). The number of esters is 1. The Morgan fingerprint density at radius 2 is 2.33 bits per heavy atom. The molecule has 1 saturated heterocycles. The van der Waals surface area contributed by atoms with Crippen LogP contribution in [0.5, 0.6) is 5.88 Å². The third kappa shape index (κ3) is 3.36. The minimum Gasteiger partial charge on any atom is -0.481 e. The minimum atomic E-state index is -0.608. The van der Waals surface area contributed by atoms with E-state index in [9.17, 15) is 4.79 Å². The number of hydrogen-bond donors (Lipinski definition) is 1. The number of rotatable bonds is 6. The molecule has 0 amide bonds. The van der Waals surface area contributed by atoms with Crippen LogP contribution in [0.4, 0.5) is 0 Å². The summed E-state index contributed by atoms with van der Waals surface area (Å²) in [7, 11) is 4.72. The second-order valence-electron chi connectivity index (χ2n) is 5.13. The van der Waals surface area contributed by atoms with E-state index in [-0.39, 0.29) is 12.1 Å². The summed E-state index contributed by atoms with van der Waals surface area (Å²) >= 11 is 0. The molecule has 2 unspecified atom stereocenters. The zero-order valence-corrected chi connectivity index (χ0v) is 13.0. The van der Waals surface area contributed by atoms with Gasteiger partial charge in [-0.3, -0.25) is 5.32 Å². The van der Waals surface area contributed by atoms with E-state index in [0.717, 1.165) is 25.1 Å². The highest BCUT2D eigenvalue weighted by atomic mass is 16.5. The number of nitrogens with zero attached hydrogens (tertiary/aromatic N) is 2. The van der Waals surface area contributed by atoms with Crippen molar-refractivity contribution in [3.63, 3.8) is 0 Å². The molecular weight excluding hydrogens is 274 g/mol. The Hall–Kier alpha value is -1.60. The maximum atomic E-state index is 12.1. The van der Waals surface area contributed by atoms with Gasteiger partial charge in [-0.2, -0.15) is 5.10 Å². The van der Waals surface area contributed by atoms with Crippen LogP contribution < -0.4 is 10.1 Å². The smallest absolute Gasteiger partial charge is 0.327 e. The second-order valence-corrected chi connectivity index (χ2v) is 5.13. The van der Waals surface area contributed by atoms with Crippen LogP contribution in [-0.4, -0.2) is 49.2 Å². The van der Waals surface area contributed by atoms with Gasteiger partial charge < -0.3 is 14.2 Å². The molecule has 1 fully saturated rings. The van der Waals surface area contributed by atoms with E-state index < -0.39 is 6.04 Å². The van der Waals surface area contributed by atoms with Crippen molar-refractivity contribution in [1.29, 1.82) is 0 Å². The Labute approximate surface area is 124 Å². The van der Waals surface area contributed by atoms with Crippen molar-refractivity contribution in [3.05, 3.63) is 11.3 Å². The molecule has 1 N–H and O–H groups in total. The summed E-state index contributed by atoms with van der Waals surface area (Å²) in [5, 5.41) is 7.54. The molecule has 118 valence electrons. The fraction of sp³-hybridized carbons (Fsp3) is 0.714. The molecule has 7 nitrogen and oxygen atoms in total. The van der Waals surface area contributed by atoms with Gasteiger partial charge in [0.15, 0.2) is 0 Å². The highest BCUT2D eigenvalue weighted by Gasteiger charge is 2.30. The molecule has 1 aromatic heterocycles. The molecule has 0 aliphatic carbocycles. The van der Waals surface area contributed by atoms with Crippen molar-refractivity contribution in [2.75, 3.05) is 27.4 Å². The largest absolute Gasteiger partial charge is 0.481 e. The maximum Gasteiger partial charge on any atom is 0.327 e. The average Bonchev–Trinajstić information content (AvgIpc) is 3.07. The normalized spacial score (nSPS) is 19.5. The summed E-state index contributed by atoms with van der Waals surface area (Å²) in [4.78, 5) is 12.1. The van der Waals surface area contributed by atoms with Crippen molar-refractivity contribution in [2.24, 2.45) is 7.05 Å². The van der Waals surface area contributed by atoms with Crippen molar-refractivity contribution >= 4 is 5.97 Å². The van der Waals surface area contributed by atoms with E-state index in [4.69, 9.17) is 14.2 Å². The lowest BCUT2D eigenvalue weighted by molar-refractivity contribution is -0.143. The Morgan fingerprint density at radius 1 is 1.57 bits per heavy atom. The molecule has 0 spiro atoms. The van der Waals surface area contributed by atoms with E-state index in [2.05, 4.69) is 10.4 Å². The predicted molar refractivity (Wildman–Crippen MR) is 76.2 cm³/mol. The molecule has 7 heteroatoms. The van der Waals surface area contributed by atoms with Crippen LogP contribution >= 0.6 is 0 Å². The Balaban J connectivity index is 2.21. The Kier molecular flexibility index (Phi) is 5.19. The topological polar surface area (TPSA) is 74.6 Å². The van der Waals surface area contributed by atoms with Crippen molar-refractivity contribution in [3.8, 4) is 5.88 Å². The molecule has 0 radical (unpaired) electrons. The van der Waals surface area contributed by atoms with Crippen LogP contribution in [-0.2, 0) is 21.3 Å². The van der Waals surface area contributed by atoms with Gasteiger partial charge in [0.2, 0.25) is 5.88 Å². The quantitative estimate of drug-likeness (QED) is 0.780. The highest BCUT2D eigenvalue weighted by molar-refractivity contribution is 5.78. The van der Waals surface area contributed by atoms with Gasteiger partial charge in [0, 0.05) is 20.2 Å². The van der Waals surface area contributed by atoms with E-state index in [1.54, 1.807) is 18.8 Å². The summed E-state index contributed by atoms with van der Waals surface area (Å²) in [6.45, 7) is 3.23. The molecule has 0 saturated carbocycles. The predicted octanol–water partition coefficient (Wildman–Crippen LogP) is 0.720. The summed E-state index contributed by atoms with van der Waals surface area (Å²) in [6, 6.07) is -0.608. The number of carbonyl (C=O) groups excluding carboxylic acids is 1. The number of carbonyl (C=O) groups is 1. The monoisotopic (exact) mass is 297 g/mol. The minimum absolute atomic E-state index is 0.139. The molecule has 2 atom stereocenters. The standard InChI is InChI=1S/C14H23N3O4/c1-9-11(13(19-3)17(2)16-9)12(14(18)20-4)15-8-10-6-5-7-21-10/h10,12,15H,5-8H2,1-4H3. The maximum absolute atomic E-state index is 12.1. The van der Waals surface area contributed by atoms with Gasteiger partial charge in [-0.15, -0.1) is 0 Å². The fourth-order valence-corrected chi connectivity index (χ4v) is 2.70. The van der Waals surface area contributed by atoms with Crippen LogP contribution in [0.2, 0.25) is 0 Å². The van der Waals surface area contributed by atoms with Crippen molar-refractivity contribution < 1.29 is 19.0 Å². The van der Waals surface area contributed by atoms with Crippen LogP contribution in [0, 0.1) is 6.92 Å². The molecule has 1 aliphatic heterocycles. The van der Waals surface area contributed by atoms with Crippen LogP contribution in [0.1, 0.15) is 30.1 Å². The highest BCUT2D eigenvalue weighted by Crippen LogP contribution is 2.29. The number of aryl methyl sites for hydroxylation is 2. The van der Waals surface area contributed by atoms with Crippen LogP contribution in [0.3, 0.4) is 0 Å². The number of ether oxygens (including phenoxy) is 3. The van der Waals surface area contributed by atoms with E-state index in [0.29, 0.717) is 18.0 Å². The second kappa shape index (κ2) is 6.91. The first kappa shape index (κ1) is 15.8. The molecular formula is C14H23N3O4. The summed E-state index contributed by atoms with van der Waals surface area (Å²) in [6.07, 6.45) is 2.20. The fourth-order valence-electron chi connectivity index (χ4n) is 2.70. The van der Waals surface area contributed by atoms with Crippen LogP contribution in [0.15, 0.2) is 0 Å². The van der Waals surface area contributed by atoms with Gasteiger partial charge in [0.1, 0.15) is 6.04 Å². The van der Waals surface area contributed by atoms with Gasteiger partial charge in [0.05, 0.1) is 31.6 Å². The van der Waals surface area contributed by atoms with Crippen molar-refractivity contribution in [1.82, 2.24) is 15.1 Å². The summed E-state index contributed by atoms with van der Waals surface area (Å²) in [5.74, 6) is 0.199. The SMILES string of the molecule is COC(=O)C(NCC1CCCO1)c1c(C)nn(C)c1OC. The summed E-state index contributed by atoms with van der Waals surface area (Å²) in [5.41, 5.74) is 1.45. The lowest BCUT2D eigenvalue weighted by atomic mass is 10.1. The molecule has 0 aromatic carbocycles. The molecule has 1 aromatic rings. The number of methoxy groups -OCH3 is 2. The van der Waals surface area contributed by atoms with E-state index >= 15 is 0 Å². The van der Waals surface area contributed by atoms with Gasteiger partial charge in [-0.1, -0.05) is 0 Å². The summed E-state index contributed by atoms with van der Waals surface area (Å²) < 4.78 is 17.5. The first-order chi connectivity index (χ1) is 10.1. The lowest BCUT2D eigenvalue weighted by Gasteiger charge is -2.19. The first-order valence-electron chi connectivity index (χ1n) is 7.08. The van der Waals surface area contributed by atoms with Gasteiger partial charge in [-0.05, 0) is 19.8 Å². The molecule has 21 heavy (non-hydrogen) atoms. The van der Waals surface area contributed by atoms with E-state index in [1.807, 2.05) is 6.92 Å². The zero-order chi connectivity index (χ0) is 15.4. The van der Waals surface area contributed by atoms with Gasteiger partial charge in [-0.25, -0.2) is 9.48 Å². The van der Waals surface area contributed by atoms with Gasteiger partial charge >= 0.3 is 5.97 Å².